The molecule has 0 aliphatic carbocycles. The number of carboxylic acids is 1. The maximum absolute atomic E-state index is 11.2. The Morgan fingerprint density at radius 3 is 2.86 bits per heavy atom. The molecule has 1 aromatic heterocycles. The number of rotatable bonds is 6. The molecule has 0 saturated heterocycles. The average molecular weight is 352 g/mol. The van der Waals surface area contributed by atoms with E-state index in [9.17, 15) is 9.90 Å². The second-order valence-electron chi connectivity index (χ2n) is 4.20. The Morgan fingerprint density at radius 2 is 2.14 bits per heavy atom. The molecule has 0 radical (unpaired) electrons. The Hall–Kier alpha value is -2.08. The van der Waals surface area contributed by atoms with Crippen LogP contribution in [0.3, 0.4) is 0 Å². The molecule has 0 fully saturated rings. The number of halogens is 1. The lowest BCUT2D eigenvalue weighted by molar-refractivity contribution is 0.0694. The normalized spacial score (nSPS) is 10.2. The van der Waals surface area contributed by atoms with Crippen molar-refractivity contribution in [2.75, 3.05) is 6.61 Å². The Labute approximate surface area is 130 Å². The Morgan fingerprint density at radius 1 is 1.33 bits per heavy atom. The minimum Gasteiger partial charge on any atom is -0.488 e. The van der Waals surface area contributed by atoms with Crippen LogP contribution in [0.2, 0.25) is 0 Å². The van der Waals surface area contributed by atoms with Gasteiger partial charge < -0.3 is 14.6 Å². The second kappa shape index (κ2) is 7.08. The van der Waals surface area contributed by atoms with Crippen LogP contribution in [0.4, 0.5) is 0 Å². The van der Waals surface area contributed by atoms with Gasteiger partial charge in [0.05, 0.1) is 6.61 Å². The molecule has 1 N–H and O–H groups in total. The van der Waals surface area contributed by atoms with Gasteiger partial charge in [-0.3, -0.25) is 0 Å². The molecule has 0 bridgehead atoms. The van der Waals surface area contributed by atoms with Crippen LogP contribution in [-0.2, 0) is 0 Å². The van der Waals surface area contributed by atoms with E-state index < -0.39 is 5.97 Å². The minimum absolute atomic E-state index is 0.0605. The van der Waals surface area contributed by atoms with Crippen LogP contribution >= 0.6 is 15.9 Å². The summed E-state index contributed by atoms with van der Waals surface area (Å²) in [5.74, 6) is -0.136. The topological polar surface area (TPSA) is 68.7 Å². The molecule has 1 aromatic carbocycles. The van der Waals surface area contributed by atoms with E-state index in [-0.39, 0.29) is 17.2 Å². The van der Waals surface area contributed by atoms with Crippen molar-refractivity contribution in [1.29, 1.82) is 0 Å². The molecule has 0 atom stereocenters. The summed E-state index contributed by atoms with van der Waals surface area (Å²) in [5.41, 5.74) is 0.0605. The molecule has 0 amide bonds. The lowest BCUT2D eigenvalue weighted by Crippen LogP contribution is -2.02. The van der Waals surface area contributed by atoms with Crippen molar-refractivity contribution in [3.8, 4) is 17.4 Å². The first-order valence-corrected chi connectivity index (χ1v) is 7.19. The zero-order valence-electron chi connectivity index (χ0n) is 11.4. The van der Waals surface area contributed by atoms with Gasteiger partial charge in [-0.25, -0.2) is 9.78 Å². The Bertz CT molecular complexity index is 645. The third kappa shape index (κ3) is 3.95. The number of nitrogens with zero attached hydrogens (tertiary/aromatic N) is 1. The molecule has 0 spiro atoms. The van der Waals surface area contributed by atoms with Crippen molar-refractivity contribution in [2.45, 2.75) is 13.3 Å². The second-order valence-corrected chi connectivity index (χ2v) is 5.12. The van der Waals surface area contributed by atoms with Gasteiger partial charge in [0.15, 0.2) is 5.75 Å². The van der Waals surface area contributed by atoms with Crippen LogP contribution in [0.25, 0.3) is 0 Å². The van der Waals surface area contributed by atoms with Gasteiger partial charge >= 0.3 is 5.97 Å². The van der Waals surface area contributed by atoms with Crippen molar-refractivity contribution >= 4 is 21.9 Å². The summed E-state index contributed by atoms with van der Waals surface area (Å²) in [6, 6.07) is 8.16. The van der Waals surface area contributed by atoms with Crippen LogP contribution in [0.5, 0.6) is 17.4 Å². The van der Waals surface area contributed by atoms with Gasteiger partial charge in [0, 0.05) is 10.7 Å². The van der Waals surface area contributed by atoms with E-state index in [1.165, 1.54) is 6.07 Å². The highest BCUT2D eigenvalue weighted by Crippen LogP contribution is 2.32. The molecule has 110 valence electrons. The smallest absolute Gasteiger partial charge is 0.339 e. The molecule has 6 heteroatoms. The lowest BCUT2D eigenvalue weighted by Gasteiger charge is -2.12. The van der Waals surface area contributed by atoms with Crippen molar-refractivity contribution in [3.05, 3.63) is 46.6 Å². The molecule has 0 saturated carbocycles. The van der Waals surface area contributed by atoms with Crippen LogP contribution in [-0.4, -0.2) is 22.7 Å². The predicted octanol–water partition coefficient (Wildman–Crippen LogP) is 4.12. The number of hydrogen-bond donors (Lipinski definition) is 1. The SMILES string of the molecule is CCCOc1cccnc1Oc1cc(Br)ccc1C(=O)O. The number of pyridine rings is 1. The van der Waals surface area contributed by atoms with Crippen LogP contribution < -0.4 is 9.47 Å². The van der Waals surface area contributed by atoms with Gasteiger partial charge in [-0.15, -0.1) is 0 Å². The van der Waals surface area contributed by atoms with E-state index in [0.29, 0.717) is 12.4 Å². The van der Waals surface area contributed by atoms with Gasteiger partial charge in [-0.05, 0) is 36.8 Å². The Balaban J connectivity index is 2.34. The first-order chi connectivity index (χ1) is 10.1. The highest BCUT2D eigenvalue weighted by Gasteiger charge is 2.15. The summed E-state index contributed by atoms with van der Waals surface area (Å²) < 4.78 is 11.9. The highest BCUT2D eigenvalue weighted by atomic mass is 79.9. The number of aromatic carboxylic acids is 1. The largest absolute Gasteiger partial charge is 0.488 e. The summed E-state index contributed by atoms with van der Waals surface area (Å²) in [6.07, 6.45) is 2.41. The van der Waals surface area contributed by atoms with Gasteiger partial charge in [0.2, 0.25) is 0 Å². The van der Waals surface area contributed by atoms with E-state index in [1.54, 1.807) is 30.5 Å². The van der Waals surface area contributed by atoms with E-state index in [4.69, 9.17) is 9.47 Å². The highest BCUT2D eigenvalue weighted by molar-refractivity contribution is 9.10. The third-order valence-electron chi connectivity index (χ3n) is 2.58. The monoisotopic (exact) mass is 351 g/mol. The fraction of sp³-hybridized carbons (Fsp3) is 0.200. The zero-order chi connectivity index (χ0) is 15.2. The van der Waals surface area contributed by atoms with Crippen LogP contribution in [0.1, 0.15) is 23.7 Å². The quantitative estimate of drug-likeness (QED) is 0.847. The zero-order valence-corrected chi connectivity index (χ0v) is 13.0. The summed E-state index contributed by atoms with van der Waals surface area (Å²) in [6.45, 7) is 2.53. The molecule has 0 aliphatic rings. The molecule has 0 unspecified atom stereocenters. The lowest BCUT2D eigenvalue weighted by atomic mass is 10.2. The molecule has 0 aliphatic heterocycles. The Kier molecular flexibility index (Phi) is 5.16. The molecule has 2 aromatic rings. The molecular formula is C15H14BrNO4. The maximum Gasteiger partial charge on any atom is 0.339 e. The van der Waals surface area contributed by atoms with Crippen LogP contribution in [0.15, 0.2) is 41.0 Å². The standard InChI is InChI=1S/C15H14BrNO4/c1-2-8-20-12-4-3-7-17-14(12)21-13-9-10(16)5-6-11(13)15(18)19/h3-7,9H,2,8H2,1H3,(H,18,19). The van der Waals surface area contributed by atoms with Crippen LogP contribution in [0, 0.1) is 0 Å². The summed E-state index contributed by atoms with van der Waals surface area (Å²) in [5, 5.41) is 9.20. The number of aromatic nitrogens is 1. The van der Waals surface area contributed by atoms with Crippen molar-refractivity contribution in [2.24, 2.45) is 0 Å². The van der Waals surface area contributed by atoms with E-state index in [1.807, 2.05) is 6.92 Å². The van der Waals surface area contributed by atoms with E-state index in [2.05, 4.69) is 20.9 Å². The van der Waals surface area contributed by atoms with Gasteiger partial charge in [-0.2, -0.15) is 0 Å². The fourth-order valence-electron chi connectivity index (χ4n) is 1.64. The molecule has 21 heavy (non-hydrogen) atoms. The minimum atomic E-state index is -1.07. The number of ether oxygens (including phenoxy) is 2. The summed E-state index contributed by atoms with van der Waals surface area (Å²) >= 11 is 3.29. The van der Waals surface area contributed by atoms with Gasteiger partial charge in [-0.1, -0.05) is 22.9 Å². The number of hydrogen-bond acceptors (Lipinski definition) is 4. The average Bonchev–Trinajstić information content (AvgIpc) is 2.46. The molecule has 2 rings (SSSR count). The first-order valence-electron chi connectivity index (χ1n) is 6.40. The molecular weight excluding hydrogens is 338 g/mol. The fourth-order valence-corrected chi connectivity index (χ4v) is 1.98. The molecule has 1 heterocycles. The van der Waals surface area contributed by atoms with Crippen molar-refractivity contribution in [3.63, 3.8) is 0 Å². The van der Waals surface area contributed by atoms with Crippen molar-refractivity contribution < 1.29 is 19.4 Å². The number of benzene rings is 1. The predicted molar refractivity (Wildman–Crippen MR) is 81.2 cm³/mol. The first kappa shape index (κ1) is 15.3. The van der Waals surface area contributed by atoms with E-state index >= 15 is 0 Å². The van der Waals surface area contributed by atoms with Crippen molar-refractivity contribution in [1.82, 2.24) is 4.98 Å². The third-order valence-corrected chi connectivity index (χ3v) is 3.07. The number of carboxylic acid groups (broad SMARTS) is 1. The van der Waals surface area contributed by atoms with Gasteiger partial charge in [0.1, 0.15) is 11.3 Å². The molecule has 5 nitrogen and oxygen atoms in total. The summed E-state index contributed by atoms with van der Waals surface area (Å²) in [7, 11) is 0. The number of carbonyl (C=O) groups is 1. The maximum atomic E-state index is 11.2. The summed E-state index contributed by atoms with van der Waals surface area (Å²) in [4.78, 5) is 15.3. The van der Waals surface area contributed by atoms with E-state index in [0.717, 1.165) is 10.9 Å². The van der Waals surface area contributed by atoms with Gasteiger partial charge in [0.25, 0.3) is 5.88 Å².